The monoisotopic (exact) mass is 222 g/mol. The Kier molecular flexibility index (Phi) is 2.74. The van der Waals surface area contributed by atoms with Crippen LogP contribution in [0, 0.1) is 0 Å². The molecule has 2 aromatic rings. The lowest BCUT2D eigenvalue weighted by molar-refractivity contribution is 1.53. The van der Waals surface area contributed by atoms with E-state index in [4.69, 9.17) is 5.73 Å². The summed E-state index contributed by atoms with van der Waals surface area (Å²) in [5, 5.41) is 0. The van der Waals surface area contributed by atoms with Gasteiger partial charge in [0, 0.05) is 0 Å². The van der Waals surface area contributed by atoms with E-state index in [1.165, 1.54) is 15.7 Å². The van der Waals surface area contributed by atoms with Crippen molar-refractivity contribution >= 4 is 29.1 Å². The van der Waals surface area contributed by atoms with E-state index < -0.39 is 0 Å². The number of hydrogen-bond donors (Lipinski definition) is 1. The van der Waals surface area contributed by atoms with Gasteiger partial charge in [-0.15, -0.1) is 11.8 Å². The number of aromatic nitrogens is 1. The summed E-state index contributed by atoms with van der Waals surface area (Å²) in [4.78, 5) is 0. The maximum absolute atomic E-state index is 5.83. The first kappa shape index (κ1) is 9.55. The molecule has 14 heavy (non-hydrogen) atoms. The number of hydrogen-bond acceptors (Lipinski definition) is 4. The first-order valence-electron chi connectivity index (χ1n) is 4.17. The molecular weight excluding hydrogens is 212 g/mol. The summed E-state index contributed by atoms with van der Waals surface area (Å²) in [7, 11) is 0. The Morgan fingerprint density at radius 3 is 2.64 bits per heavy atom. The molecule has 1 aromatic carbocycles. The second-order valence-corrected chi connectivity index (χ2v) is 4.65. The van der Waals surface area contributed by atoms with Crippen LogP contribution in [0.5, 0.6) is 0 Å². The molecule has 0 saturated carbocycles. The molecule has 72 valence electrons. The predicted octanol–water partition coefficient (Wildman–Crippen LogP) is 3.11. The first-order chi connectivity index (χ1) is 6.83. The number of thioether (sulfide) groups is 1. The number of anilines is 1. The van der Waals surface area contributed by atoms with Crippen LogP contribution in [0.4, 0.5) is 5.82 Å². The van der Waals surface area contributed by atoms with Crippen molar-refractivity contribution < 1.29 is 0 Å². The minimum Gasteiger partial charge on any atom is -0.382 e. The number of nitrogen functional groups attached to an aromatic ring is 1. The van der Waals surface area contributed by atoms with Crippen LogP contribution in [0.25, 0.3) is 11.1 Å². The van der Waals surface area contributed by atoms with E-state index in [2.05, 4.69) is 16.5 Å². The van der Waals surface area contributed by atoms with E-state index in [9.17, 15) is 0 Å². The maximum atomic E-state index is 5.83. The number of nitrogens with zero attached hydrogens (tertiary/aromatic N) is 1. The van der Waals surface area contributed by atoms with E-state index in [1.54, 1.807) is 11.8 Å². The lowest BCUT2D eigenvalue weighted by Gasteiger charge is -2.00. The predicted molar refractivity (Wildman–Crippen MR) is 63.7 cm³/mol. The van der Waals surface area contributed by atoms with Crippen LogP contribution in [0.15, 0.2) is 34.5 Å². The third-order valence-corrected chi connectivity index (χ3v) is 3.89. The summed E-state index contributed by atoms with van der Waals surface area (Å²) in [6.07, 6.45) is 2.04. The average molecular weight is 222 g/mol. The van der Waals surface area contributed by atoms with Crippen LogP contribution in [0.2, 0.25) is 0 Å². The molecule has 0 saturated heterocycles. The molecule has 0 aliphatic rings. The quantitative estimate of drug-likeness (QED) is 0.793. The van der Waals surface area contributed by atoms with Gasteiger partial charge in [-0.2, -0.15) is 4.37 Å². The zero-order chi connectivity index (χ0) is 9.97. The summed E-state index contributed by atoms with van der Waals surface area (Å²) in [6.45, 7) is 0. The fourth-order valence-corrected chi connectivity index (χ4v) is 2.72. The van der Waals surface area contributed by atoms with Crippen molar-refractivity contribution in [2.24, 2.45) is 0 Å². The van der Waals surface area contributed by atoms with Gasteiger partial charge in [0.05, 0.1) is 9.77 Å². The zero-order valence-corrected chi connectivity index (χ0v) is 9.36. The fourth-order valence-electron chi connectivity index (χ4n) is 1.30. The lowest BCUT2D eigenvalue weighted by Crippen LogP contribution is -1.87. The van der Waals surface area contributed by atoms with Gasteiger partial charge in [0.2, 0.25) is 0 Å². The highest BCUT2D eigenvalue weighted by Gasteiger charge is 2.11. The van der Waals surface area contributed by atoms with E-state index in [0.717, 1.165) is 11.1 Å². The second kappa shape index (κ2) is 4.02. The van der Waals surface area contributed by atoms with Crippen LogP contribution in [0.1, 0.15) is 0 Å². The topological polar surface area (TPSA) is 38.9 Å². The summed E-state index contributed by atoms with van der Waals surface area (Å²) >= 11 is 3.15. The van der Waals surface area contributed by atoms with Crippen LogP contribution < -0.4 is 5.73 Å². The Balaban J connectivity index is 2.55. The molecule has 0 aliphatic carbocycles. The van der Waals surface area contributed by atoms with E-state index >= 15 is 0 Å². The normalized spacial score (nSPS) is 10.4. The van der Waals surface area contributed by atoms with Crippen molar-refractivity contribution in [1.82, 2.24) is 4.37 Å². The van der Waals surface area contributed by atoms with Gasteiger partial charge in [-0.1, -0.05) is 30.3 Å². The molecule has 0 spiro atoms. The van der Waals surface area contributed by atoms with Crippen LogP contribution in [0.3, 0.4) is 0 Å². The van der Waals surface area contributed by atoms with Gasteiger partial charge in [0.25, 0.3) is 0 Å². The van der Waals surface area contributed by atoms with Gasteiger partial charge >= 0.3 is 0 Å². The van der Waals surface area contributed by atoms with Gasteiger partial charge in [-0.05, 0) is 23.4 Å². The molecule has 1 heterocycles. The number of nitrogens with two attached hydrogens (primary N) is 1. The maximum Gasteiger partial charge on any atom is 0.146 e. The lowest BCUT2D eigenvalue weighted by atomic mass is 10.1. The van der Waals surface area contributed by atoms with Crippen molar-refractivity contribution in [3.05, 3.63) is 30.3 Å². The van der Waals surface area contributed by atoms with Crippen molar-refractivity contribution in [1.29, 1.82) is 0 Å². The van der Waals surface area contributed by atoms with E-state index in [-0.39, 0.29) is 0 Å². The van der Waals surface area contributed by atoms with Crippen LogP contribution in [-0.2, 0) is 0 Å². The molecule has 0 unspecified atom stereocenters. The number of benzene rings is 1. The molecular formula is C10H10N2S2. The SMILES string of the molecule is CSc1snc(N)c1-c1ccccc1. The smallest absolute Gasteiger partial charge is 0.146 e. The zero-order valence-electron chi connectivity index (χ0n) is 7.73. The van der Waals surface area contributed by atoms with E-state index in [0.29, 0.717) is 5.82 Å². The van der Waals surface area contributed by atoms with Crippen molar-refractivity contribution in [2.45, 2.75) is 4.21 Å². The van der Waals surface area contributed by atoms with Crippen LogP contribution in [-0.4, -0.2) is 10.6 Å². The molecule has 0 fully saturated rings. The third-order valence-electron chi connectivity index (χ3n) is 1.94. The summed E-state index contributed by atoms with van der Waals surface area (Å²) in [6, 6.07) is 10.1. The molecule has 2 nitrogen and oxygen atoms in total. The molecule has 0 radical (unpaired) electrons. The summed E-state index contributed by atoms with van der Waals surface area (Å²) < 4.78 is 5.34. The Morgan fingerprint density at radius 2 is 2.00 bits per heavy atom. The minimum atomic E-state index is 0.630. The molecule has 4 heteroatoms. The molecule has 0 aliphatic heterocycles. The summed E-state index contributed by atoms with van der Waals surface area (Å²) in [5.74, 6) is 0.630. The van der Waals surface area contributed by atoms with Gasteiger partial charge in [0.15, 0.2) is 0 Å². The summed E-state index contributed by atoms with van der Waals surface area (Å²) in [5.41, 5.74) is 8.05. The minimum absolute atomic E-state index is 0.630. The standard InChI is InChI=1S/C10H10N2S2/c1-13-10-8(9(11)12-14-10)7-5-3-2-4-6-7/h2-6H,1H3,(H2,11,12). The van der Waals surface area contributed by atoms with Gasteiger partial charge < -0.3 is 5.73 Å². The number of rotatable bonds is 2. The van der Waals surface area contributed by atoms with Crippen molar-refractivity contribution in [2.75, 3.05) is 12.0 Å². The van der Waals surface area contributed by atoms with Gasteiger partial charge in [-0.25, -0.2) is 0 Å². The van der Waals surface area contributed by atoms with Gasteiger partial charge in [0.1, 0.15) is 5.82 Å². The van der Waals surface area contributed by atoms with Crippen LogP contribution >= 0.6 is 23.3 Å². The van der Waals surface area contributed by atoms with Gasteiger partial charge in [-0.3, -0.25) is 0 Å². The molecule has 2 rings (SSSR count). The highest BCUT2D eigenvalue weighted by Crippen LogP contribution is 2.37. The third kappa shape index (κ3) is 1.63. The Morgan fingerprint density at radius 1 is 1.29 bits per heavy atom. The Bertz CT molecular complexity index is 423. The fraction of sp³-hybridized carbons (Fsp3) is 0.100. The molecule has 1 aromatic heterocycles. The molecule has 2 N–H and O–H groups in total. The molecule has 0 bridgehead atoms. The highest BCUT2D eigenvalue weighted by atomic mass is 32.2. The van der Waals surface area contributed by atoms with E-state index in [1.807, 2.05) is 24.5 Å². The van der Waals surface area contributed by atoms with Crippen molar-refractivity contribution in [3.63, 3.8) is 0 Å². The highest BCUT2D eigenvalue weighted by molar-refractivity contribution is 8.00. The Labute approximate surface area is 91.3 Å². The average Bonchev–Trinajstić information content (AvgIpc) is 2.61. The molecule has 0 atom stereocenters. The largest absolute Gasteiger partial charge is 0.382 e. The second-order valence-electron chi connectivity index (χ2n) is 2.80. The Hall–Kier alpha value is -1.00. The first-order valence-corrected chi connectivity index (χ1v) is 6.17. The molecule has 0 amide bonds. The van der Waals surface area contributed by atoms with Crippen molar-refractivity contribution in [3.8, 4) is 11.1 Å².